The van der Waals surface area contributed by atoms with Crippen molar-refractivity contribution in [3.05, 3.63) is 11.9 Å². The minimum atomic E-state index is -0.708. The van der Waals surface area contributed by atoms with Gasteiger partial charge in [-0.1, -0.05) is 5.21 Å². The van der Waals surface area contributed by atoms with Gasteiger partial charge in [0.2, 0.25) is 5.78 Å². The standard InChI is InChI=1S/C8H9N3O3/c1-5(12)7(13)3-8(14)6-4-11(2)10-9-6/h4H,3H2,1-2H3. The highest BCUT2D eigenvalue weighted by molar-refractivity contribution is 6.40. The van der Waals surface area contributed by atoms with Crippen molar-refractivity contribution in [3.8, 4) is 0 Å². The lowest BCUT2D eigenvalue weighted by Crippen LogP contribution is -2.15. The predicted molar refractivity (Wildman–Crippen MR) is 45.6 cm³/mol. The smallest absolute Gasteiger partial charge is 0.205 e. The molecule has 0 unspecified atom stereocenters. The molecule has 0 amide bonds. The fourth-order valence-electron chi connectivity index (χ4n) is 0.836. The van der Waals surface area contributed by atoms with Gasteiger partial charge in [-0.3, -0.25) is 19.1 Å². The molecule has 0 saturated carbocycles. The zero-order valence-electron chi connectivity index (χ0n) is 7.85. The van der Waals surface area contributed by atoms with Gasteiger partial charge in [0.15, 0.2) is 11.6 Å². The maximum Gasteiger partial charge on any atom is 0.205 e. The summed E-state index contributed by atoms with van der Waals surface area (Å²) in [7, 11) is 1.61. The summed E-state index contributed by atoms with van der Waals surface area (Å²) in [6, 6.07) is 0. The van der Waals surface area contributed by atoms with Gasteiger partial charge in [-0.2, -0.15) is 0 Å². The van der Waals surface area contributed by atoms with Crippen molar-refractivity contribution in [1.29, 1.82) is 0 Å². The molecule has 14 heavy (non-hydrogen) atoms. The van der Waals surface area contributed by atoms with E-state index in [9.17, 15) is 14.4 Å². The molecule has 0 spiro atoms. The quantitative estimate of drug-likeness (QED) is 0.369. The lowest BCUT2D eigenvalue weighted by Gasteiger charge is -1.91. The van der Waals surface area contributed by atoms with E-state index in [1.807, 2.05) is 0 Å². The summed E-state index contributed by atoms with van der Waals surface area (Å²) in [5, 5.41) is 7.07. The van der Waals surface area contributed by atoms with Crippen molar-refractivity contribution in [3.63, 3.8) is 0 Å². The summed E-state index contributed by atoms with van der Waals surface area (Å²) in [6.07, 6.45) is 0.962. The number of nitrogens with zero attached hydrogens (tertiary/aromatic N) is 3. The van der Waals surface area contributed by atoms with E-state index >= 15 is 0 Å². The molecule has 0 bridgehead atoms. The van der Waals surface area contributed by atoms with Crippen LogP contribution in [0.15, 0.2) is 6.20 Å². The molecule has 0 fully saturated rings. The van der Waals surface area contributed by atoms with Crippen LogP contribution in [0, 0.1) is 0 Å². The summed E-state index contributed by atoms with van der Waals surface area (Å²) < 4.78 is 1.35. The SMILES string of the molecule is CC(=O)C(=O)CC(=O)c1cn(C)nn1. The maximum atomic E-state index is 11.3. The second-order valence-electron chi connectivity index (χ2n) is 2.86. The fourth-order valence-corrected chi connectivity index (χ4v) is 0.836. The van der Waals surface area contributed by atoms with E-state index < -0.39 is 23.8 Å². The van der Waals surface area contributed by atoms with E-state index in [1.54, 1.807) is 7.05 Å². The first-order valence-corrected chi connectivity index (χ1v) is 3.94. The van der Waals surface area contributed by atoms with E-state index in [0.29, 0.717) is 0 Å². The predicted octanol–water partition coefficient (Wildman–Crippen LogP) is -0.454. The Morgan fingerprint density at radius 3 is 2.50 bits per heavy atom. The van der Waals surface area contributed by atoms with Crippen LogP contribution in [0.2, 0.25) is 0 Å². The third-order valence-electron chi connectivity index (χ3n) is 1.60. The van der Waals surface area contributed by atoms with Crippen molar-refractivity contribution < 1.29 is 14.4 Å². The number of hydrogen-bond donors (Lipinski definition) is 0. The van der Waals surface area contributed by atoms with Crippen LogP contribution in [0.25, 0.3) is 0 Å². The van der Waals surface area contributed by atoms with E-state index in [-0.39, 0.29) is 5.69 Å². The third-order valence-corrected chi connectivity index (χ3v) is 1.60. The molecule has 6 heteroatoms. The Labute approximate surface area is 79.9 Å². The Morgan fingerprint density at radius 2 is 2.07 bits per heavy atom. The second-order valence-corrected chi connectivity index (χ2v) is 2.86. The number of carbonyl (C=O) groups is 3. The second kappa shape index (κ2) is 3.91. The minimum absolute atomic E-state index is 0.0992. The summed E-state index contributed by atoms with van der Waals surface area (Å²) >= 11 is 0. The first kappa shape index (κ1) is 10.2. The number of hydrogen-bond acceptors (Lipinski definition) is 5. The van der Waals surface area contributed by atoms with Gasteiger partial charge in [-0.05, 0) is 0 Å². The van der Waals surface area contributed by atoms with Gasteiger partial charge in [0.1, 0.15) is 5.69 Å². The van der Waals surface area contributed by atoms with Crippen LogP contribution >= 0.6 is 0 Å². The molecule has 0 aliphatic heterocycles. The van der Waals surface area contributed by atoms with E-state index in [0.717, 1.165) is 6.92 Å². The average Bonchev–Trinajstić information content (AvgIpc) is 2.51. The normalized spacial score (nSPS) is 9.86. The maximum absolute atomic E-state index is 11.3. The first-order valence-electron chi connectivity index (χ1n) is 3.94. The molecule has 1 rings (SSSR count). The van der Waals surface area contributed by atoms with Crippen molar-refractivity contribution >= 4 is 17.3 Å². The number of Topliss-reactive ketones (excluding diaryl/α,β-unsaturated/α-hetero) is 3. The molecular formula is C8H9N3O3. The van der Waals surface area contributed by atoms with Gasteiger partial charge in [0.05, 0.1) is 12.6 Å². The molecule has 74 valence electrons. The number of ketones is 3. The third kappa shape index (κ3) is 2.32. The first-order chi connectivity index (χ1) is 6.50. The molecule has 0 saturated heterocycles. The largest absolute Gasteiger partial charge is 0.292 e. The molecule has 1 heterocycles. The highest BCUT2D eigenvalue weighted by Gasteiger charge is 2.17. The van der Waals surface area contributed by atoms with Crippen LogP contribution in [0.4, 0.5) is 0 Å². The Hall–Kier alpha value is -1.85. The van der Waals surface area contributed by atoms with Crippen LogP contribution in [-0.2, 0) is 16.6 Å². The molecule has 0 aliphatic carbocycles. The Morgan fingerprint density at radius 1 is 1.43 bits per heavy atom. The zero-order chi connectivity index (χ0) is 10.7. The molecule has 0 N–H and O–H groups in total. The molecule has 0 aliphatic rings. The van der Waals surface area contributed by atoms with Crippen LogP contribution in [-0.4, -0.2) is 32.3 Å². The van der Waals surface area contributed by atoms with Crippen molar-refractivity contribution in [2.24, 2.45) is 7.05 Å². The number of rotatable bonds is 4. The number of carbonyl (C=O) groups excluding carboxylic acids is 3. The van der Waals surface area contributed by atoms with Crippen LogP contribution in [0.3, 0.4) is 0 Å². The Bertz CT molecular complexity index is 394. The average molecular weight is 195 g/mol. The van der Waals surface area contributed by atoms with Crippen molar-refractivity contribution in [2.75, 3.05) is 0 Å². The highest BCUT2D eigenvalue weighted by atomic mass is 16.2. The molecule has 0 atom stereocenters. The molecule has 0 radical (unpaired) electrons. The highest BCUT2D eigenvalue weighted by Crippen LogP contribution is 1.98. The Kier molecular flexibility index (Phi) is 2.85. The summed E-state index contributed by atoms with van der Waals surface area (Å²) in [5.41, 5.74) is 0.0992. The summed E-state index contributed by atoms with van der Waals surface area (Å²) in [4.78, 5) is 32.8. The topological polar surface area (TPSA) is 81.9 Å². The van der Waals surface area contributed by atoms with E-state index in [1.165, 1.54) is 10.9 Å². The number of aryl methyl sites for hydroxylation is 1. The van der Waals surface area contributed by atoms with Crippen molar-refractivity contribution in [1.82, 2.24) is 15.0 Å². The van der Waals surface area contributed by atoms with Gasteiger partial charge < -0.3 is 0 Å². The monoisotopic (exact) mass is 195 g/mol. The molecule has 6 nitrogen and oxygen atoms in total. The van der Waals surface area contributed by atoms with Crippen molar-refractivity contribution in [2.45, 2.75) is 13.3 Å². The molecule has 0 aromatic carbocycles. The van der Waals surface area contributed by atoms with Gasteiger partial charge in [-0.15, -0.1) is 5.10 Å². The van der Waals surface area contributed by atoms with E-state index in [2.05, 4.69) is 10.3 Å². The van der Waals surface area contributed by atoms with Gasteiger partial charge >= 0.3 is 0 Å². The molecule has 1 aromatic heterocycles. The van der Waals surface area contributed by atoms with E-state index in [4.69, 9.17) is 0 Å². The summed E-state index contributed by atoms with van der Waals surface area (Å²) in [5.74, 6) is -1.82. The van der Waals surface area contributed by atoms with Crippen LogP contribution in [0.1, 0.15) is 23.8 Å². The lowest BCUT2D eigenvalue weighted by atomic mass is 10.1. The fraction of sp³-hybridized carbons (Fsp3) is 0.375. The van der Waals surface area contributed by atoms with Crippen LogP contribution < -0.4 is 0 Å². The van der Waals surface area contributed by atoms with Gasteiger partial charge in [-0.25, -0.2) is 0 Å². The molecular weight excluding hydrogens is 186 g/mol. The molecule has 1 aromatic rings. The minimum Gasteiger partial charge on any atom is -0.292 e. The lowest BCUT2D eigenvalue weighted by molar-refractivity contribution is -0.134. The number of aromatic nitrogens is 3. The zero-order valence-corrected chi connectivity index (χ0v) is 7.85. The van der Waals surface area contributed by atoms with Gasteiger partial charge in [0.25, 0.3) is 0 Å². The summed E-state index contributed by atoms with van der Waals surface area (Å²) in [6.45, 7) is 1.13. The Balaban J connectivity index is 2.68. The van der Waals surface area contributed by atoms with Crippen LogP contribution in [0.5, 0.6) is 0 Å². The van der Waals surface area contributed by atoms with Gasteiger partial charge in [0, 0.05) is 14.0 Å².